The van der Waals surface area contributed by atoms with E-state index in [9.17, 15) is 23.1 Å². The van der Waals surface area contributed by atoms with Gasteiger partial charge in [0.05, 0.1) is 5.97 Å². The Morgan fingerprint density at radius 1 is 1.33 bits per heavy atom. The monoisotopic (exact) mass is 243 g/mol. The van der Waals surface area contributed by atoms with Crippen molar-refractivity contribution in [3.63, 3.8) is 0 Å². The Hall–Kier alpha value is 0.130. The fraction of sp³-hybridized carbons (Fsp3) is 0.750. The number of halogens is 6. The first-order chi connectivity index (χ1) is 5.14. The molecule has 1 unspecified atom stereocenters. The second-order valence-corrected chi connectivity index (χ2v) is 3.49. The van der Waals surface area contributed by atoms with Crippen LogP contribution in [0.15, 0.2) is 0 Å². The molecule has 0 saturated carbocycles. The molecule has 8 heteroatoms. The Bertz CT molecular complexity index is 192. The molecular formula is C4HCl3F3O2-. The van der Waals surface area contributed by atoms with Gasteiger partial charge in [0.15, 0.2) is 0 Å². The number of hydrogen-bond acceptors (Lipinski definition) is 2. The molecule has 0 rings (SSSR count). The van der Waals surface area contributed by atoms with Crippen LogP contribution in [0.3, 0.4) is 0 Å². The Balaban J connectivity index is 5.02. The van der Waals surface area contributed by atoms with Gasteiger partial charge < -0.3 is 9.90 Å². The van der Waals surface area contributed by atoms with E-state index in [-0.39, 0.29) is 0 Å². The number of carbonyl (C=O) groups excluding carboxylic acids is 1. The van der Waals surface area contributed by atoms with Crippen LogP contribution in [0.1, 0.15) is 0 Å². The van der Waals surface area contributed by atoms with Gasteiger partial charge in [0, 0.05) is 0 Å². The SMILES string of the molecule is O=C([O-])C(Cl)(C(Cl)Cl)C(F)(F)F. The molecule has 0 aliphatic carbocycles. The molecule has 0 aliphatic rings. The standard InChI is InChI=1S/C4H2Cl3F3O2/c5-1(6)3(7,2(11)12)4(8,9)10/h1H,(H,11,12)/p-1. The maximum absolute atomic E-state index is 11.9. The third-order valence-corrected chi connectivity index (χ3v) is 2.48. The highest BCUT2D eigenvalue weighted by atomic mass is 35.5. The molecule has 0 aromatic heterocycles. The maximum atomic E-state index is 11.9. The van der Waals surface area contributed by atoms with E-state index in [1.165, 1.54) is 0 Å². The first-order valence-electron chi connectivity index (χ1n) is 2.39. The normalized spacial score (nSPS) is 17.6. The van der Waals surface area contributed by atoms with E-state index < -0.39 is 21.9 Å². The molecule has 0 radical (unpaired) electrons. The Labute approximate surface area is 80.2 Å². The van der Waals surface area contributed by atoms with Crippen molar-refractivity contribution in [2.24, 2.45) is 0 Å². The lowest BCUT2D eigenvalue weighted by Crippen LogP contribution is -2.58. The Morgan fingerprint density at radius 3 is 1.67 bits per heavy atom. The van der Waals surface area contributed by atoms with Crippen LogP contribution in [0, 0.1) is 0 Å². The minimum atomic E-state index is -5.26. The summed E-state index contributed by atoms with van der Waals surface area (Å²) in [6, 6.07) is 0. The van der Waals surface area contributed by atoms with Crippen molar-refractivity contribution in [2.45, 2.75) is 15.9 Å². The average molecular weight is 244 g/mol. The molecule has 0 saturated heterocycles. The molecule has 0 N–H and O–H groups in total. The van der Waals surface area contributed by atoms with Crippen molar-refractivity contribution >= 4 is 40.8 Å². The van der Waals surface area contributed by atoms with Gasteiger partial charge in [0.1, 0.15) is 4.84 Å². The molecule has 0 amide bonds. The van der Waals surface area contributed by atoms with Gasteiger partial charge in [-0.3, -0.25) is 0 Å². The van der Waals surface area contributed by atoms with Gasteiger partial charge in [-0.15, -0.1) is 23.2 Å². The molecule has 1 atom stereocenters. The van der Waals surface area contributed by atoms with Crippen molar-refractivity contribution < 1.29 is 23.1 Å². The number of carbonyl (C=O) groups is 1. The zero-order chi connectivity index (χ0) is 10.2. The first kappa shape index (κ1) is 12.1. The molecule has 12 heavy (non-hydrogen) atoms. The third kappa shape index (κ3) is 1.89. The summed E-state index contributed by atoms with van der Waals surface area (Å²) in [4.78, 5) is 3.89. The molecule has 0 spiro atoms. The zero-order valence-corrected chi connectivity index (χ0v) is 7.43. The molecule has 0 aromatic carbocycles. The van der Waals surface area contributed by atoms with Crippen LogP contribution >= 0.6 is 34.8 Å². The van der Waals surface area contributed by atoms with Gasteiger partial charge in [0.25, 0.3) is 0 Å². The van der Waals surface area contributed by atoms with Crippen LogP contribution in [0.5, 0.6) is 0 Å². The smallest absolute Gasteiger partial charge is 0.415 e. The lowest BCUT2D eigenvalue weighted by Gasteiger charge is -2.31. The van der Waals surface area contributed by atoms with E-state index >= 15 is 0 Å². The van der Waals surface area contributed by atoms with Crippen LogP contribution < -0.4 is 5.11 Å². The summed E-state index contributed by atoms with van der Waals surface area (Å²) in [6.45, 7) is 0. The summed E-state index contributed by atoms with van der Waals surface area (Å²) >= 11 is 14.1. The van der Waals surface area contributed by atoms with Gasteiger partial charge in [-0.05, 0) is 0 Å². The number of aliphatic carboxylic acids is 1. The van der Waals surface area contributed by atoms with E-state index in [1.54, 1.807) is 0 Å². The van der Waals surface area contributed by atoms with Crippen molar-refractivity contribution in [2.75, 3.05) is 0 Å². The molecule has 0 aromatic rings. The third-order valence-electron chi connectivity index (χ3n) is 1.01. The summed E-state index contributed by atoms with van der Waals surface area (Å²) in [5, 5.41) is 9.98. The molecule has 0 bridgehead atoms. The van der Waals surface area contributed by atoms with Crippen molar-refractivity contribution in [3.05, 3.63) is 0 Å². The van der Waals surface area contributed by atoms with Crippen LogP contribution in [-0.2, 0) is 4.79 Å². The second-order valence-electron chi connectivity index (χ2n) is 1.80. The predicted octanol–water partition coefficient (Wildman–Crippen LogP) is 1.08. The number of hydrogen-bond donors (Lipinski definition) is 0. The van der Waals surface area contributed by atoms with Gasteiger partial charge in [-0.1, -0.05) is 11.6 Å². The fourth-order valence-corrected chi connectivity index (χ4v) is 0.754. The number of carboxylic acids is 1. The topological polar surface area (TPSA) is 40.1 Å². The molecule has 0 fully saturated rings. The molecule has 72 valence electrons. The highest BCUT2D eigenvalue weighted by molar-refractivity contribution is 6.53. The van der Waals surface area contributed by atoms with Crippen molar-refractivity contribution in [1.29, 1.82) is 0 Å². The molecular weight excluding hydrogens is 243 g/mol. The summed E-state index contributed by atoms with van der Waals surface area (Å²) in [5.74, 6) is -2.58. The van der Waals surface area contributed by atoms with Crippen LogP contribution in [0.25, 0.3) is 0 Å². The van der Waals surface area contributed by atoms with E-state index in [0.29, 0.717) is 0 Å². The molecule has 2 nitrogen and oxygen atoms in total. The van der Waals surface area contributed by atoms with Crippen LogP contribution in [-0.4, -0.2) is 21.9 Å². The highest BCUT2D eigenvalue weighted by Crippen LogP contribution is 2.42. The summed E-state index contributed by atoms with van der Waals surface area (Å²) < 4.78 is 35.7. The minimum absolute atomic E-state index is 2.33. The first-order valence-corrected chi connectivity index (χ1v) is 3.64. The van der Waals surface area contributed by atoms with E-state index in [2.05, 4.69) is 11.6 Å². The van der Waals surface area contributed by atoms with E-state index in [4.69, 9.17) is 23.2 Å². The summed E-state index contributed by atoms with van der Waals surface area (Å²) in [6.07, 6.45) is -5.26. The minimum Gasteiger partial charge on any atom is -0.548 e. The number of rotatable bonds is 2. The van der Waals surface area contributed by atoms with E-state index in [0.717, 1.165) is 0 Å². The quantitative estimate of drug-likeness (QED) is 0.682. The van der Waals surface area contributed by atoms with Crippen molar-refractivity contribution in [1.82, 2.24) is 0 Å². The second kappa shape index (κ2) is 3.47. The lowest BCUT2D eigenvalue weighted by molar-refractivity contribution is -0.321. The largest absolute Gasteiger partial charge is 0.548 e. The van der Waals surface area contributed by atoms with Crippen LogP contribution in [0.4, 0.5) is 13.2 Å². The Morgan fingerprint density at radius 2 is 1.67 bits per heavy atom. The van der Waals surface area contributed by atoms with Gasteiger partial charge >= 0.3 is 6.18 Å². The summed E-state index contributed by atoms with van der Waals surface area (Å²) in [7, 11) is 0. The van der Waals surface area contributed by atoms with E-state index in [1.807, 2.05) is 0 Å². The fourth-order valence-electron chi connectivity index (χ4n) is 0.329. The Kier molecular flexibility index (Phi) is 3.51. The highest BCUT2D eigenvalue weighted by Gasteiger charge is 2.59. The van der Waals surface area contributed by atoms with Gasteiger partial charge in [-0.25, -0.2) is 0 Å². The lowest BCUT2D eigenvalue weighted by atomic mass is 10.1. The van der Waals surface area contributed by atoms with Gasteiger partial charge in [0.2, 0.25) is 4.87 Å². The van der Waals surface area contributed by atoms with Crippen LogP contribution in [0.2, 0.25) is 0 Å². The zero-order valence-electron chi connectivity index (χ0n) is 5.16. The molecule has 0 aliphatic heterocycles. The number of carboxylic acid groups (broad SMARTS) is 1. The van der Waals surface area contributed by atoms with Gasteiger partial charge in [-0.2, -0.15) is 13.2 Å². The average Bonchev–Trinajstić information content (AvgIpc) is 1.82. The maximum Gasteiger partial charge on any atom is 0.415 e. The predicted molar refractivity (Wildman–Crippen MR) is 35.1 cm³/mol. The van der Waals surface area contributed by atoms with Crippen molar-refractivity contribution in [3.8, 4) is 0 Å². The number of alkyl halides is 6. The molecule has 0 heterocycles. The summed E-state index contributed by atoms with van der Waals surface area (Å²) in [5.41, 5.74) is 0.